The molecule has 5 aromatic rings. The van der Waals surface area contributed by atoms with Gasteiger partial charge < -0.3 is 48.4 Å². The molecular weight excluding hydrogens is 676 g/mol. The average Bonchev–Trinajstić information content (AvgIpc) is 3.76. The predicted octanol–water partition coefficient (Wildman–Crippen LogP) is 0.584. The summed E-state index contributed by atoms with van der Waals surface area (Å²) in [6.45, 7) is 0.375. The maximum Gasteiger partial charge on any atom is 0.243 e. The average molecular weight is 723 g/mol. The zero-order valence-electron chi connectivity index (χ0n) is 29.3. The quantitative estimate of drug-likeness (QED) is 0.0581. The molecule has 0 unspecified atom stereocenters. The Morgan fingerprint density at radius 1 is 0.642 bits per heavy atom. The van der Waals surface area contributed by atoms with Crippen LogP contribution in [-0.2, 0) is 43.2 Å². The molecule has 3 heterocycles. The summed E-state index contributed by atoms with van der Waals surface area (Å²) in [7, 11) is 0. The molecule has 15 heteroatoms. The van der Waals surface area contributed by atoms with Crippen LogP contribution < -0.4 is 38.5 Å². The van der Waals surface area contributed by atoms with Crippen LogP contribution >= 0.6 is 0 Å². The largest absolute Gasteiger partial charge is 0.368 e. The van der Waals surface area contributed by atoms with Crippen LogP contribution in [0, 0.1) is 0 Å². The summed E-state index contributed by atoms with van der Waals surface area (Å²) in [6.07, 6.45) is 7.56. The maximum absolute atomic E-state index is 14.4. The first-order valence-electron chi connectivity index (χ1n) is 17.6. The number of rotatable bonds is 19. The molecule has 5 rings (SSSR count). The first-order chi connectivity index (χ1) is 25.7. The number of nitrogens with one attached hydrogen (secondary N) is 6. The number of carbonyl (C=O) groups is 5. The number of hydrogen-bond donors (Lipinski definition) is 9. The van der Waals surface area contributed by atoms with E-state index in [9.17, 15) is 24.0 Å². The van der Waals surface area contributed by atoms with E-state index in [2.05, 4.69) is 36.2 Å². The normalized spacial score (nSPS) is 13.5. The number of amides is 5. The number of nitrogens with two attached hydrogens (primary N) is 3. The number of para-hydroxylation sites is 2. The third-order valence-corrected chi connectivity index (χ3v) is 9.01. The van der Waals surface area contributed by atoms with Crippen LogP contribution in [0.3, 0.4) is 0 Å². The fourth-order valence-corrected chi connectivity index (χ4v) is 6.25. The van der Waals surface area contributed by atoms with E-state index in [1.54, 1.807) is 36.9 Å². The van der Waals surface area contributed by atoms with Crippen molar-refractivity contribution < 1.29 is 24.0 Å². The van der Waals surface area contributed by atoms with Crippen molar-refractivity contribution in [2.24, 2.45) is 17.2 Å². The molecule has 53 heavy (non-hydrogen) atoms. The lowest BCUT2D eigenvalue weighted by Crippen LogP contribution is -2.59. The van der Waals surface area contributed by atoms with Crippen molar-refractivity contribution in [2.75, 3.05) is 13.1 Å². The standard InChI is InChI=1S/C38H46N10O5/c39-14-5-12-30(35(41)50)46-37(52)32(18-24-21-43-28-10-3-1-8-26(24)28)48-38(53)33(19-25-22-44-29-11-4-2-9-27(25)29)47-36(51)31(45-34(49)13-15-40)17-23-7-6-16-42-20-23/h1-4,6-11,16,20-22,30-33,43-44H,5,12-15,17-19,39-40H2,(H2,41,50)(H,45,49)(H,46,52)(H,47,51)(H,48,53)/t30-,31-,32+,33+/m0/s1. The molecule has 0 aliphatic rings. The van der Waals surface area contributed by atoms with Gasteiger partial charge in [0.05, 0.1) is 0 Å². The number of pyridine rings is 1. The van der Waals surface area contributed by atoms with Crippen molar-refractivity contribution in [3.05, 3.63) is 102 Å². The van der Waals surface area contributed by atoms with Crippen LogP contribution in [0.4, 0.5) is 0 Å². The van der Waals surface area contributed by atoms with Gasteiger partial charge in [-0.25, -0.2) is 0 Å². The molecule has 278 valence electrons. The van der Waals surface area contributed by atoms with Crippen LogP contribution in [0.1, 0.15) is 36.0 Å². The summed E-state index contributed by atoms with van der Waals surface area (Å²) in [5.41, 5.74) is 20.7. The zero-order chi connectivity index (χ0) is 37.7. The number of carbonyl (C=O) groups excluding carboxylic acids is 5. The number of aromatic amines is 2. The zero-order valence-corrected chi connectivity index (χ0v) is 29.3. The van der Waals surface area contributed by atoms with Crippen molar-refractivity contribution in [3.63, 3.8) is 0 Å². The summed E-state index contributed by atoms with van der Waals surface area (Å²) in [6, 6.07) is 14.1. The molecule has 0 bridgehead atoms. The Kier molecular flexibility index (Phi) is 13.3. The Morgan fingerprint density at radius 2 is 1.17 bits per heavy atom. The van der Waals surface area contributed by atoms with Gasteiger partial charge in [-0.2, -0.15) is 0 Å². The SMILES string of the molecule is NCCC[C@H](NC(=O)[C@@H](Cc1c[nH]c2ccccc12)NC(=O)[C@@H](Cc1c[nH]c2ccccc12)NC(=O)[C@H](Cc1cccnc1)NC(=O)CCN)C(N)=O. The molecule has 4 atom stereocenters. The van der Waals surface area contributed by atoms with Gasteiger partial charge in [0.1, 0.15) is 24.2 Å². The third-order valence-electron chi connectivity index (χ3n) is 9.01. The van der Waals surface area contributed by atoms with Crippen LogP contribution in [0.25, 0.3) is 21.8 Å². The van der Waals surface area contributed by atoms with E-state index >= 15 is 0 Å². The molecule has 0 fully saturated rings. The summed E-state index contributed by atoms with van der Waals surface area (Å²) in [4.78, 5) is 77.8. The van der Waals surface area contributed by atoms with Crippen molar-refractivity contribution in [1.82, 2.24) is 36.2 Å². The molecule has 0 spiro atoms. The van der Waals surface area contributed by atoms with Gasteiger partial charge >= 0.3 is 0 Å². The monoisotopic (exact) mass is 722 g/mol. The van der Waals surface area contributed by atoms with Crippen molar-refractivity contribution >= 4 is 51.3 Å². The first-order valence-corrected chi connectivity index (χ1v) is 17.6. The number of H-pyrrole nitrogens is 2. The molecule has 0 aliphatic heterocycles. The summed E-state index contributed by atoms with van der Waals surface area (Å²) in [5.74, 6) is -3.07. The first kappa shape index (κ1) is 38.2. The Labute approximate surface area is 306 Å². The second kappa shape index (κ2) is 18.4. The Balaban J connectivity index is 1.46. The Bertz CT molecular complexity index is 2030. The van der Waals surface area contributed by atoms with Gasteiger partial charge in [0.15, 0.2) is 0 Å². The van der Waals surface area contributed by atoms with E-state index in [-0.39, 0.29) is 38.6 Å². The van der Waals surface area contributed by atoms with Crippen LogP contribution in [0.2, 0.25) is 0 Å². The highest BCUT2D eigenvalue weighted by Crippen LogP contribution is 2.21. The van der Waals surface area contributed by atoms with Crippen LogP contribution in [-0.4, -0.2) is 81.7 Å². The second-order valence-corrected chi connectivity index (χ2v) is 12.9. The third kappa shape index (κ3) is 10.3. The van der Waals surface area contributed by atoms with Gasteiger partial charge in [-0.3, -0.25) is 29.0 Å². The highest BCUT2D eigenvalue weighted by atomic mass is 16.2. The van der Waals surface area contributed by atoms with Gasteiger partial charge in [-0.15, -0.1) is 0 Å². The molecule has 15 nitrogen and oxygen atoms in total. The number of fused-ring (bicyclic) bond motifs is 2. The molecular formula is C38H46N10O5. The molecule has 12 N–H and O–H groups in total. The molecule has 5 amide bonds. The van der Waals surface area contributed by atoms with Crippen molar-refractivity contribution in [1.29, 1.82) is 0 Å². The van der Waals surface area contributed by atoms with Gasteiger partial charge in [-0.1, -0.05) is 42.5 Å². The second-order valence-electron chi connectivity index (χ2n) is 12.9. The van der Waals surface area contributed by atoms with Gasteiger partial charge in [0.25, 0.3) is 0 Å². The lowest BCUT2D eigenvalue weighted by Gasteiger charge is -2.26. The van der Waals surface area contributed by atoms with E-state index in [1.165, 1.54) is 0 Å². The van der Waals surface area contributed by atoms with E-state index in [0.717, 1.165) is 32.9 Å². The number of nitrogens with zero attached hydrogens (tertiary/aromatic N) is 1. The minimum absolute atomic E-state index is 0.00171. The van der Waals surface area contributed by atoms with Gasteiger partial charge in [-0.05, 0) is 54.3 Å². The smallest absolute Gasteiger partial charge is 0.243 e. The summed E-state index contributed by atoms with van der Waals surface area (Å²) in [5, 5.41) is 12.8. The minimum atomic E-state index is -1.20. The van der Waals surface area contributed by atoms with E-state index in [4.69, 9.17) is 17.2 Å². The highest BCUT2D eigenvalue weighted by molar-refractivity contribution is 5.96. The molecule has 0 saturated heterocycles. The van der Waals surface area contributed by atoms with Gasteiger partial charge in [0.2, 0.25) is 29.5 Å². The van der Waals surface area contributed by atoms with Gasteiger partial charge in [0, 0.05) is 78.8 Å². The topological polar surface area (TPSA) is 256 Å². The maximum atomic E-state index is 14.4. The predicted molar refractivity (Wildman–Crippen MR) is 201 cm³/mol. The van der Waals surface area contributed by atoms with Crippen molar-refractivity contribution in [3.8, 4) is 0 Å². The molecule has 0 aliphatic carbocycles. The fraction of sp³-hybridized carbons (Fsp3) is 0.316. The molecule has 0 saturated carbocycles. The lowest BCUT2D eigenvalue weighted by molar-refractivity contribution is -0.134. The van der Waals surface area contributed by atoms with E-state index in [0.29, 0.717) is 18.5 Å². The number of aromatic nitrogens is 3. The summed E-state index contributed by atoms with van der Waals surface area (Å²) < 4.78 is 0. The Morgan fingerprint density at radius 3 is 1.66 bits per heavy atom. The van der Waals surface area contributed by atoms with Crippen LogP contribution in [0.15, 0.2) is 85.5 Å². The molecule has 2 aromatic carbocycles. The van der Waals surface area contributed by atoms with E-state index in [1.807, 2.05) is 48.5 Å². The fourth-order valence-electron chi connectivity index (χ4n) is 6.25. The highest BCUT2D eigenvalue weighted by Gasteiger charge is 2.32. The molecule has 3 aromatic heterocycles. The molecule has 0 radical (unpaired) electrons. The lowest BCUT2D eigenvalue weighted by atomic mass is 10.00. The summed E-state index contributed by atoms with van der Waals surface area (Å²) >= 11 is 0. The number of benzene rings is 2. The number of hydrogen-bond acceptors (Lipinski definition) is 8. The van der Waals surface area contributed by atoms with Crippen LogP contribution in [0.5, 0.6) is 0 Å². The van der Waals surface area contributed by atoms with Crippen molar-refractivity contribution in [2.45, 2.75) is 62.7 Å². The minimum Gasteiger partial charge on any atom is -0.368 e. The van der Waals surface area contributed by atoms with E-state index < -0.39 is 53.7 Å². The number of primary amides is 1. The Hall–Kier alpha value is -6.06.